The Labute approximate surface area is 80.3 Å². The van der Waals surface area contributed by atoms with Crippen molar-refractivity contribution in [2.24, 2.45) is 5.92 Å². The molecule has 1 saturated carbocycles. The molecule has 1 aliphatic carbocycles. The van der Waals surface area contributed by atoms with Gasteiger partial charge in [0.25, 0.3) is 0 Å². The van der Waals surface area contributed by atoms with Gasteiger partial charge in [-0.15, -0.1) is 0 Å². The summed E-state index contributed by atoms with van der Waals surface area (Å²) in [4.78, 5) is 10.8. The lowest BCUT2D eigenvalue weighted by molar-refractivity contribution is -0.120. The summed E-state index contributed by atoms with van der Waals surface area (Å²) >= 11 is 0. The van der Waals surface area contributed by atoms with Crippen LogP contribution in [0.4, 0.5) is 0 Å². The van der Waals surface area contributed by atoms with E-state index in [4.69, 9.17) is 0 Å². The van der Waals surface area contributed by atoms with Gasteiger partial charge in [0.1, 0.15) is 0 Å². The van der Waals surface area contributed by atoms with E-state index in [1.54, 1.807) is 7.05 Å². The van der Waals surface area contributed by atoms with Gasteiger partial charge in [0.2, 0.25) is 5.91 Å². The van der Waals surface area contributed by atoms with Gasteiger partial charge in [-0.05, 0) is 31.8 Å². The van der Waals surface area contributed by atoms with Crippen LogP contribution in [0.15, 0.2) is 0 Å². The third-order valence-corrected chi connectivity index (χ3v) is 2.46. The van der Waals surface area contributed by atoms with Crippen LogP contribution in [0.25, 0.3) is 0 Å². The first-order valence-electron chi connectivity index (χ1n) is 5.24. The summed E-state index contributed by atoms with van der Waals surface area (Å²) in [6, 6.07) is 0. The predicted octanol–water partition coefficient (Wildman–Crippen LogP) is 0.902. The maximum Gasteiger partial charge on any atom is 0.219 e. The predicted molar refractivity (Wildman–Crippen MR) is 53.5 cm³/mol. The standard InChI is InChI=1S/C10H20N2O/c1-11-10(13)3-2-7-12-8-6-9-4-5-9/h9,12H,2-8H2,1H3,(H,11,13). The van der Waals surface area contributed by atoms with Crippen LogP contribution in [-0.4, -0.2) is 26.0 Å². The first-order valence-corrected chi connectivity index (χ1v) is 5.24. The van der Waals surface area contributed by atoms with Crippen molar-refractivity contribution in [2.75, 3.05) is 20.1 Å². The Morgan fingerprint density at radius 3 is 2.77 bits per heavy atom. The van der Waals surface area contributed by atoms with Crippen LogP contribution >= 0.6 is 0 Å². The first-order chi connectivity index (χ1) is 6.33. The van der Waals surface area contributed by atoms with Gasteiger partial charge in [-0.1, -0.05) is 12.8 Å². The third kappa shape index (κ3) is 5.64. The lowest BCUT2D eigenvalue weighted by Crippen LogP contribution is -2.21. The average Bonchev–Trinajstić information content (AvgIpc) is 2.94. The molecular weight excluding hydrogens is 164 g/mol. The summed E-state index contributed by atoms with van der Waals surface area (Å²) in [5, 5.41) is 5.97. The zero-order valence-electron chi connectivity index (χ0n) is 8.44. The van der Waals surface area contributed by atoms with E-state index in [-0.39, 0.29) is 5.91 Å². The van der Waals surface area contributed by atoms with Crippen molar-refractivity contribution in [2.45, 2.75) is 32.1 Å². The molecule has 0 heterocycles. The molecule has 76 valence electrons. The summed E-state index contributed by atoms with van der Waals surface area (Å²) in [7, 11) is 1.68. The van der Waals surface area contributed by atoms with E-state index in [1.165, 1.54) is 19.3 Å². The topological polar surface area (TPSA) is 41.1 Å². The van der Waals surface area contributed by atoms with Crippen molar-refractivity contribution >= 4 is 5.91 Å². The molecular formula is C10H20N2O. The van der Waals surface area contributed by atoms with Crippen molar-refractivity contribution in [3.05, 3.63) is 0 Å². The fourth-order valence-corrected chi connectivity index (χ4v) is 1.34. The van der Waals surface area contributed by atoms with Crippen molar-refractivity contribution in [1.82, 2.24) is 10.6 Å². The Morgan fingerprint density at radius 1 is 1.38 bits per heavy atom. The van der Waals surface area contributed by atoms with E-state index in [9.17, 15) is 4.79 Å². The van der Waals surface area contributed by atoms with E-state index < -0.39 is 0 Å². The smallest absolute Gasteiger partial charge is 0.219 e. The van der Waals surface area contributed by atoms with E-state index >= 15 is 0 Å². The van der Waals surface area contributed by atoms with Crippen LogP contribution in [0, 0.1) is 5.92 Å². The number of carbonyl (C=O) groups is 1. The minimum atomic E-state index is 0.143. The molecule has 1 rings (SSSR count). The zero-order valence-corrected chi connectivity index (χ0v) is 8.44. The van der Waals surface area contributed by atoms with Crippen LogP contribution in [0.1, 0.15) is 32.1 Å². The lowest BCUT2D eigenvalue weighted by Gasteiger charge is -2.03. The minimum absolute atomic E-state index is 0.143. The summed E-state index contributed by atoms with van der Waals surface area (Å²) in [5.74, 6) is 1.15. The number of nitrogens with one attached hydrogen (secondary N) is 2. The second-order valence-electron chi connectivity index (χ2n) is 3.76. The maximum atomic E-state index is 10.8. The van der Waals surface area contributed by atoms with Gasteiger partial charge >= 0.3 is 0 Å². The number of carbonyl (C=O) groups excluding carboxylic acids is 1. The Bertz CT molecular complexity index is 155. The molecule has 1 fully saturated rings. The Morgan fingerprint density at radius 2 is 2.15 bits per heavy atom. The molecule has 0 atom stereocenters. The zero-order chi connectivity index (χ0) is 9.52. The van der Waals surface area contributed by atoms with E-state index in [1.807, 2.05) is 0 Å². The molecule has 0 aromatic carbocycles. The number of hydrogen-bond donors (Lipinski definition) is 2. The summed E-state index contributed by atoms with van der Waals surface area (Å²) < 4.78 is 0. The average molecular weight is 184 g/mol. The van der Waals surface area contributed by atoms with Crippen LogP contribution in [-0.2, 0) is 4.79 Å². The van der Waals surface area contributed by atoms with Crippen molar-refractivity contribution in [3.63, 3.8) is 0 Å². The van der Waals surface area contributed by atoms with Crippen molar-refractivity contribution in [1.29, 1.82) is 0 Å². The molecule has 0 bridgehead atoms. The SMILES string of the molecule is CNC(=O)CCCNCCC1CC1. The fraction of sp³-hybridized carbons (Fsp3) is 0.900. The number of amides is 1. The highest BCUT2D eigenvalue weighted by Gasteiger charge is 2.19. The van der Waals surface area contributed by atoms with Crippen molar-refractivity contribution in [3.8, 4) is 0 Å². The van der Waals surface area contributed by atoms with Gasteiger partial charge in [0.15, 0.2) is 0 Å². The van der Waals surface area contributed by atoms with Gasteiger partial charge in [-0.25, -0.2) is 0 Å². The lowest BCUT2D eigenvalue weighted by atomic mass is 10.2. The van der Waals surface area contributed by atoms with Gasteiger partial charge in [0, 0.05) is 13.5 Å². The van der Waals surface area contributed by atoms with Gasteiger partial charge in [0.05, 0.1) is 0 Å². The molecule has 3 heteroatoms. The molecule has 0 spiro atoms. The van der Waals surface area contributed by atoms with E-state index in [0.717, 1.165) is 25.4 Å². The van der Waals surface area contributed by atoms with Crippen molar-refractivity contribution < 1.29 is 4.79 Å². The fourth-order valence-electron chi connectivity index (χ4n) is 1.34. The molecule has 13 heavy (non-hydrogen) atoms. The van der Waals surface area contributed by atoms with E-state index in [0.29, 0.717) is 6.42 Å². The minimum Gasteiger partial charge on any atom is -0.359 e. The normalized spacial score (nSPS) is 15.8. The van der Waals surface area contributed by atoms with Crippen LogP contribution in [0.5, 0.6) is 0 Å². The molecule has 0 radical (unpaired) electrons. The highest BCUT2D eigenvalue weighted by atomic mass is 16.1. The Hall–Kier alpha value is -0.570. The molecule has 0 aromatic rings. The molecule has 0 unspecified atom stereocenters. The van der Waals surface area contributed by atoms with Crippen LogP contribution in [0.3, 0.4) is 0 Å². The number of rotatable bonds is 7. The molecule has 0 saturated heterocycles. The highest BCUT2D eigenvalue weighted by Crippen LogP contribution is 2.31. The first kappa shape index (κ1) is 10.5. The van der Waals surface area contributed by atoms with Crippen LogP contribution < -0.4 is 10.6 Å². The highest BCUT2D eigenvalue weighted by molar-refractivity contribution is 5.75. The second-order valence-corrected chi connectivity index (χ2v) is 3.76. The maximum absolute atomic E-state index is 10.8. The quantitative estimate of drug-likeness (QED) is 0.577. The Balaban J connectivity index is 1.75. The molecule has 3 nitrogen and oxygen atoms in total. The Kier molecular flexibility index (Phi) is 4.83. The van der Waals surface area contributed by atoms with Crippen LogP contribution in [0.2, 0.25) is 0 Å². The van der Waals surface area contributed by atoms with E-state index in [2.05, 4.69) is 10.6 Å². The van der Waals surface area contributed by atoms with Gasteiger partial charge in [-0.2, -0.15) is 0 Å². The summed E-state index contributed by atoms with van der Waals surface area (Å²) in [5.41, 5.74) is 0. The largest absolute Gasteiger partial charge is 0.359 e. The molecule has 1 aliphatic rings. The van der Waals surface area contributed by atoms with Gasteiger partial charge in [-0.3, -0.25) is 4.79 Å². The molecule has 1 amide bonds. The molecule has 0 aliphatic heterocycles. The second kappa shape index (κ2) is 5.97. The third-order valence-electron chi connectivity index (χ3n) is 2.46. The summed E-state index contributed by atoms with van der Waals surface area (Å²) in [6.07, 6.45) is 5.77. The van der Waals surface area contributed by atoms with Gasteiger partial charge < -0.3 is 10.6 Å². The molecule has 2 N–H and O–H groups in total. The molecule has 0 aromatic heterocycles. The number of hydrogen-bond acceptors (Lipinski definition) is 2. The summed E-state index contributed by atoms with van der Waals surface area (Å²) in [6.45, 7) is 2.10. The monoisotopic (exact) mass is 184 g/mol.